The van der Waals surface area contributed by atoms with Gasteiger partial charge in [0.1, 0.15) is 0 Å². The molecule has 3 amide bonds. The third-order valence-corrected chi connectivity index (χ3v) is 8.09. The fraction of sp³-hybridized carbons (Fsp3) is 0.231. The zero-order valence-electron chi connectivity index (χ0n) is 19.2. The van der Waals surface area contributed by atoms with Crippen LogP contribution in [0.5, 0.6) is 0 Å². The molecule has 0 aromatic heterocycles. The normalized spacial score (nSPS) is 16.5. The molecule has 0 aliphatic carbocycles. The lowest BCUT2D eigenvalue weighted by atomic mass is 10.1. The summed E-state index contributed by atoms with van der Waals surface area (Å²) in [5.74, 6) is -0.170. The Labute approximate surface area is 204 Å². The topological polar surface area (TPSA) is 108 Å². The van der Waals surface area contributed by atoms with Crippen LogP contribution in [-0.4, -0.2) is 26.9 Å². The molecule has 1 atom stereocenters. The molecule has 0 saturated carbocycles. The van der Waals surface area contributed by atoms with Crippen LogP contribution in [0.3, 0.4) is 0 Å². The van der Waals surface area contributed by atoms with Crippen molar-refractivity contribution in [2.24, 2.45) is 0 Å². The molecule has 0 spiro atoms. The van der Waals surface area contributed by atoms with Crippen molar-refractivity contribution >= 4 is 33.2 Å². The number of carbonyl (C=O) groups excluding carboxylic acids is 2. The van der Waals surface area contributed by atoms with Gasteiger partial charge in [-0.25, -0.2) is 13.2 Å². The van der Waals surface area contributed by atoms with Crippen molar-refractivity contribution in [1.82, 2.24) is 10.6 Å². The molecule has 180 valence electrons. The summed E-state index contributed by atoms with van der Waals surface area (Å²) in [5, 5.41) is 8.90. The number of hydrogen-bond donors (Lipinski definition) is 3. The van der Waals surface area contributed by atoms with E-state index in [0.717, 1.165) is 35.5 Å². The molecule has 0 saturated heterocycles. The SMILES string of the molecule is CC(=O)N1CC(NC(=O)Nc2ccc(S(=O)(=O)Cc3ccc4c(c3)CNC4)cc2)c2ccccc21. The van der Waals surface area contributed by atoms with Crippen LogP contribution in [0.4, 0.5) is 16.2 Å². The maximum atomic E-state index is 12.9. The van der Waals surface area contributed by atoms with Gasteiger partial charge in [-0.15, -0.1) is 0 Å². The molecular weight excluding hydrogens is 464 g/mol. The first-order chi connectivity index (χ1) is 16.8. The smallest absolute Gasteiger partial charge is 0.319 e. The van der Waals surface area contributed by atoms with E-state index in [1.807, 2.05) is 42.5 Å². The third kappa shape index (κ3) is 4.78. The van der Waals surface area contributed by atoms with Gasteiger partial charge in [0.15, 0.2) is 9.84 Å². The van der Waals surface area contributed by atoms with Gasteiger partial charge in [-0.05, 0) is 47.0 Å². The highest BCUT2D eigenvalue weighted by Crippen LogP contribution is 2.34. The zero-order valence-corrected chi connectivity index (χ0v) is 20.1. The summed E-state index contributed by atoms with van der Waals surface area (Å²) in [6.45, 7) is 3.42. The summed E-state index contributed by atoms with van der Waals surface area (Å²) in [6.07, 6.45) is 0. The highest BCUT2D eigenvalue weighted by atomic mass is 32.2. The van der Waals surface area contributed by atoms with Gasteiger partial charge >= 0.3 is 6.03 Å². The van der Waals surface area contributed by atoms with Crippen LogP contribution in [0.25, 0.3) is 0 Å². The molecule has 8 nitrogen and oxygen atoms in total. The number of para-hydroxylation sites is 1. The lowest BCUT2D eigenvalue weighted by Gasteiger charge is -2.16. The predicted octanol–water partition coefficient (Wildman–Crippen LogP) is 3.49. The number of fused-ring (bicyclic) bond motifs is 2. The van der Waals surface area contributed by atoms with Crippen molar-refractivity contribution in [3.8, 4) is 0 Å². The fourth-order valence-corrected chi connectivity index (χ4v) is 5.98. The standard InChI is InChI=1S/C26H26N4O4S/c1-17(31)30-15-24(23-4-2-3-5-25(23)30)29-26(32)28-21-8-10-22(11-9-21)35(33,34)16-18-6-7-19-13-27-14-20(19)12-18/h2-12,24,27H,13-16H2,1H3,(H2,28,29,32). The van der Waals surface area contributed by atoms with Crippen LogP contribution in [0.2, 0.25) is 0 Å². The minimum absolute atomic E-state index is 0.0821. The van der Waals surface area contributed by atoms with E-state index >= 15 is 0 Å². The minimum atomic E-state index is -3.53. The van der Waals surface area contributed by atoms with Gasteiger partial charge in [0.25, 0.3) is 0 Å². The average Bonchev–Trinajstić information content (AvgIpc) is 3.44. The van der Waals surface area contributed by atoms with Crippen molar-refractivity contribution in [3.63, 3.8) is 0 Å². The highest BCUT2D eigenvalue weighted by Gasteiger charge is 2.31. The van der Waals surface area contributed by atoms with Crippen molar-refractivity contribution in [3.05, 3.63) is 89.0 Å². The Morgan fingerprint density at radius 2 is 1.74 bits per heavy atom. The Balaban J connectivity index is 1.23. The van der Waals surface area contributed by atoms with Gasteiger partial charge in [-0.2, -0.15) is 0 Å². The highest BCUT2D eigenvalue weighted by molar-refractivity contribution is 7.90. The Kier molecular flexibility index (Phi) is 6.04. The van der Waals surface area contributed by atoms with Crippen LogP contribution in [-0.2, 0) is 33.5 Å². The molecular formula is C26H26N4O4S. The van der Waals surface area contributed by atoms with Crippen LogP contribution in [0.1, 0.15) is 35.2 Å². The molecule has 5 rings (SSSR count). The number of nitrogens with one attached hydrogen (secondary N) is 3. The second-order valence-electron chi connectivity index (χ2n) is 8.83. The zero-order chi connectivity index (χ0) is 24.6. The summed E-state index contributed by atoms with van der Waals surface area (Å²) in [4.78, 5) is 26.4. The quantitative estimate of drug-likeness (QED) is 0.508. The molecule has 35 heavy (non-hydrogen) atoms. The first-order valence-electron chi connectivity index (χ1n) is 11.4. The molecule has 0 fully saturated rings. The summed E-state index contributed by atoms with van der Waals surface area (Å²) in [5.41, 5.74) is 5.24. The largest absolute Gasteiger partial charge is 0.329 e. The van der Waals surface area contributed by atoms with Crippen molar-refractivity contribution < 1.29 is 18.0 Å². The lowest BCUT2D eigenvalue weighted by molar-refractivity contribution is -0.116. The Bertz CT molecular complexity index is 1400. The second-order valence-corrected chi connectivity index (χ2v) is 10.8. The summed E-state index contributed by atoms with van der Waals surface area (Å²) in [7, 11) is -3.53. The Morgan fingerprint density at radius 1 is 1.00 bits per heavy atom. The predicted molar refractivity (Wildman–Crippen MR) is 134 cm³/mol. The van der Waals surface area contributed by atoms with Crippen LogP contribution < -0.4 is 20.9 Å². The van der Waals surface area contributed by atoms with Gasteiger partial charge in [-0.1, -0.05) is 36.4 Å². The number of benzene rings is 3. The van der Waals surface area contributed by atoms with E-state index in [1.165, 1.54) is 24.6 Å². The minimum Gasteiger partial charge on any atom is -0.329 e. The number of urea groups is 1. The van der Waals surface area contributed by atoms with Crippen LogP contribution in [0, 0.1) is 0 Å². The van der Waals surface area contributed by atoms with Gasteiger partial charge in [0.05, 0.1) is 23.2 Å². The van der Waals surface area contributed by atoms with Gasteiger partial charge in [0, 0.05) is 37.0 Å². The van der Waals surface area contributed by atoms with Crippen molar-refractivity contribution in [2.75, 3.05) is 16.8 Å². The first kappa shape index (κ1) is 23.1. The van der Waals surface area contributed by atoms with Crippen LogP contribution >= 0.6 is 0 Å². The molecule has 1 unspecified atom stereocenters. The van der Waals surface area contributed by atoms with E-state index in [4.69, 9.17) is 0 Å². The molecule has 2 heterocycles. The first-order valence-corrected chi connectivity index (χ1v) is 13.0. The van der Waals surface area contributed by atoms with E-state index in [2.05, 4.69) is 16.0 Å². The number of nitrogens with zero attached hydrogens (tertiary/aromatic N) is 1. The van der Waals surface area contributed by atoms with Gasteiger partial charge in [0.2, 0.25) is 5.91 Å². The molecule has 0 bridgehead atoms. The summed E-state index contributed by atoms with van der Waals surface area (Å²) >= 11 is 0. The average molecular weight is 491 g/mol. The van der Waals surface area contributed by atoms with E-state index in [0.29, 0.717) is 12.2 Å². The van der Waals surface area contributed by atoms with Crippen molar-refractivity contribution in [2.45, 2.75) is 36.7 Å². The van der Waals surface area contributed by atoms with E-state index in [1.54, 1.807) is 17.0 Å². The third-order valence-electron chi connectivity index (χ3n) is 6.38. The molecule has 3 N–H and O–H groups in total. The lowest BCUT2D eigenvalue weighted by Crippen LogP contribution is -2.36. The molecule has 0 radical (unpaired) electrons. The maximum Gasteiger partial charge on any atom is 0.319 e. The monoisotopic (exact) mass is 490 g/mol. The van der Waals surface area contributed by atoms with Gasteiger partial charge < -0.3 is 20.9 Å². The number of anilines is 2. The Hall–Kier alpha value is -3.69. The molecule has 2 aliphatic rings. The van der Waals surface area contributed by atoms with Crippen molar-refractivity contribution in [1.29, 1.82) is 0 Å². The molecule has 2 aliphatic heterocycles. The number of amides is 3. The molecule has 9 heteroatoms. The summed E-state index contributed by atoms with van der Waals surface area (Å²) in [6, 6.07) is 18.6. The fourth-order valence-electron chi connectivity index (χ4n) is 4.64. The number of hydrogen-bond acceptors (Lipinski definition) is 5. The van der Waals surface area contributed by atoms with Gasteiger partial charge in [-0.3, -0.25) is 4.79 Å². The number of sulfone groups is 1. The number of carbonyl (C=O) groups is 2. The van der Waals surface area contributed by atoms with E-state index in [-0.39, 0.29) is 22.6 Å². The Morgan fingerprint density at radius 3 is 2.51 bits per heavy atom. The number of rotatable bonds is 5. The second kappa shape index (κ2) is 9.16. The summed E-state index contributed by atoms with van der Waals surface area (Å²) < 4.78 is 25.8. The molecule has 3 aromatic rings. The van der Waals surface area contributed by atoms with E-state index in [9.17, 15) is 18.0 Å². The van der Waals surface area contributed by atoms with E-state index < -0.39 is 15.9 Å². The molecule has 3 aromatic carbocycles. The maximum absolute atomic E-state index is 12.9. The van der Waals surface area contributed by atoms with Crippen LogP contribution in [0.15, 0.2) is 71.6 Å².